The van der Waals surface area contributed by atoms with Crippen molar-refractivity contribution in [3.8, 4) is 40.0 Å². The maximum Gasteiger partial charge on any atom is 0.340 e. The van der Waals surface area contributed by atoms with Crippen LogP contribution in [0.2, 0.25) is 0 Å². The van der Waals surface area contributed by atoms with E-state index in [1.54, 1.807) is 60.7 Å². The molecule has 0 amide bonds. The molecule has 1 aromatic heterocycles. The Hall–Kier alpha value is -6.26. The van der Waals surface area contributed by atoms with Gasteiger partial charge in [-0.2, -0.15) is 0 Å². The number of rotatable bonds is 9. The van der Waals surface area contributed by atoms with Crippen LogP contribution in [-0.4, -0.2) is 83.8 Å². The summed E-state index contributed by atoms with van der Waals surface area (Å²) in [4.78, 5) is 43.4. The number of nitrogens with zero attached hydrogens (tertiary/aromatic N) is 1. The highest BCUT2D eigenvalue weighted by molar-refractivity contribution is 5.98. The summed E-state index contributed by atoms with van der Waals surface area (Å²) in [5, 5.41) is 22.9. The van der Waals surface area contributed by atoms with Crippen molar-refractivity contribution in [2.45, 2.75) is 82.8 Å². The van der Waals surface area contributed by atoms with Gasteiger partial charge in [-0.25, -0.2) is 9.78 Å². The van der Waals surface area contributed by atoms with Crippen LogP contribution in [0.3, 0.4) is 0 Å². The first-order valence-electron chi connectivity index (χ1n) is 19.6. The number of carbonyl (C=O) groups excluding carboxylic acids is 3. The molecule has 1 spiro atoms. The standard InChI is InChI=1S/C45H41NO14/c1-5-8-37-53-21-36-40(59-37)41(55-22(2)47)42(56-23(3)48)44(58-36)54-20-24-17-33(46-32-15-12-26(52-4)19-28(24)32)38-34(50)16-14-31-39(38)57-35-18-25(49)11-13-30(35)45(31)29-10-7-6-9-27(29)43(51)60-45/h6-7,9-19,36-37,40-42,44,49-50H,5,8,20-21H2,1-4H3/t36-,37?,40-,41+,42-,44-,45?/m1/s1. The third kappa shape index (κ3) is 6.63. The van der Waals surface area contributed by atoms with Crippen molar-refractivity contribution in [2.24, 2.45) is 0 Å². The molecule has 2 N–H and O–H groups in total. The van der Waals surface area contributed by atoms with Crippen molar-refractivity contribution in [2.75, 3.05) is 13.7 Å². The number of ether oxygens (including phenoxy) is 9. The van der Waals surface area contributed by atoms with Gasteiger partial charge < -0.3 is 52.8 Å². The van der Waals surface area contributed by atoms with Gasteiger partial charge in [0.1, 0.15) is 41.0 Å². The molecular formula is C45H41NO14. The third-order valence-electron chi connectivity index (χ3n) is 11.1. The van der Waals surface area contributed by atoms with Crippen molar-refractivity contribution >= 4 is 28.8 Å². The highest BCUT2D eigenvalue weighted by atomic mass is 16.8. The molecule has 0 aliphatic carbocycles. The first-order valence-corrected chi connectivity index (χ1v) is 19.6. The monoisotopic (exact) mass is 819 g/mol. The number of esters is 3. The number of pyridine rings is 1. The van der Waals surface area contributed by atoms with E-state index in [-0.39, 0.29) is 47.5 Å². The normalized spacial score (nSPS) is 25.0. The number of carbonyl (C=O) groups is 3. The molecular weight excluding hydrogens is 778 g/mol. The number of methoxy groups -OCH3 is 1. The molecule has 60 heavy (non-hydrogen) atoms. The Balaban J connectivity index is 1.15. The molecule has 15 heteroatoms. The second-order valence-electron chi connectivity index (χ2n) is 14.9. The lowest BCUT2D eigenvalue weighted by Gasteiger charge is -2.48. The highest BCUT2D eigenvalue weighted by Crippen LogP contribution is 2.59. The van der Waals surface area contributed by atoms with E-state index >= 15 is 0 Å². The smallest absolute Gasteiger partial charge is 0.340 e. The molecule has 5 aromatic rings. The summed E-state index contributed by atoms with van der Waals surface area (Å²) in [7, 11) is 1.54. The minimum atomic E-state index is -1.49. The van der Waals surface area contributed by atoms with Crippen molar-refractivity contribution in [3.63, 3.8) is 0 Å². The maximum atomic E-state index is 13.5. The Bertz CT molecular complexity index is 2540. The molecule has 4 aliphatic rings. The summed E-state index contributed by atoms with van der Waals surface area (Å²) in [5.74, 6) is -1.22. The topological polar surface area (TPSA) is 188 Å². The Labute approximate surface area is 343 Å². The van der Waals surface area contributed by atoms with Crippen molar-refractivity contribution < 1.29 is 67.2 Å². The molecule has 4 aromatic carbocycles. The van der Waals surface area contributed by atoms with Gasteiger partial charge in [0, 0.05) is 42.0 Å². The largest absolute Gasteiger partial charge is 0.508 e. The molecule has 0 saturated carbocycles. The Kier molecular flexibility index (Phi) is 10.1. The predicted octanol–water partition coefficient (Wildman–Crippen LogP) is 6.54. The number of aromatic nitrogens is 1. The molecule has 310 valence electrons. The average molecular weight is 820 g/mol. The quantitative estimate of drug-likeness (QED) is 0.121. The average Bonchev–Trinajstić information content (AvgIpc) is 3.52. The lowest BCUT2D eigenvalue weighted by Crippen LogP contribution is -2.65. The number of hydrogen-bond acceptors (Lipinski definition) is 15. The lowest BCUT2D eigenvalue weighted by atomic mass is 9.76. The number of aromatic hydroxyl groups is 2. The summed E-state index contributed by atoms with van der Waals surface area (Å²) < 4.78 is 54.8. The lowest BCUT2D eigenvalue weighted by molar-refractivity contribution is -0.362. The van der Waals surface area contributed by atoms with Crippen LogP contribution in [0.4, 0.5) is 0 Å². The van der Waals surface area contributed by atoms with Gasteiger partial charge in [-0.3, -0.25) is 9.59 Å². The van der Waals surface area contributed by atoms with Crippen molar-refractivity contribution in [1.29, 1.82) is 0 Å². The summed E-state index contributed by atoms with van der Waals surface area (Å²) in [6.45, 7) is 4.42. The van der Waals surface area contributed by atoms with Crippen LogP contribution in [0.15, 0.2) is 78.9 Å². The maximum absolute atomic E-state index is 13.5. The van der Waals surface area contributed by atoms with Crippen LogP contribution < -0.4 is 9.47 Å². The van der Waals surface area contributed by atoms with E-state index in [2.05, 4.69) is 0 Å². The third-order valence-corrected chi connectivity index (χ3v) is 11.1. The zero-order chi connectivity index (χ0) is 41.9. The molecule has 15 nitrogen and oxygen atoms in total. The summed E-state index contributed by atoms with van der Waals surface area (Å²) >= 11 is 0. The number of fused-ring (bicyclic) bond motifs is 8. The molecule has 0 radical (unpaired) electrons. The molecule has 7 atom stereocenters. The van der Waals surface area contributed by atoms with Crippen LogP contribution in [-0.2, 0) is 55.0 Å². The molecule has 0 bridgehead atoms. The fourth-order valence-corrected chi connectivity index (χ4v) is 8.54. The van der Waals surface area contributed by atoms with Gasteiger partial charge in [0.2, 0.25) is 0 Å². The molecule has 2 saturated heterocycles. The van der Waals surface area contributed by atoms with E-state index in [1.807, 2.05) is 6.92 Å². The molecule has 4 aliphatic heterocycles. The minimum absolute atomic E-state index is 0.0877. The van der Waals surface area contributed by atoms with Crippen LogP contribution in [0.25, 0.3) is 22.2 Å². The van der Waals surface area contributed by atoms with Gasteiger partial charge in [0.25, 0.3) is 0 Å². The number of phenols is 2. The van der Waals surface area contributed by atoms with Gasteiger partial charge in [0.15, 0.2) is 30.4 Å². The molecule has 9 rings (SSSR count). The van der Waals surface area contributed by atoms with E-state index in [9.17, 15) is 24.6 Å². The van der Waals surface area contributed by atoms with Gasteiger partial charge in [-0.05, 0) is 66.6 Å². The summed E-state index contributed by atoms with van der Waals surface area (Å²) in [6, 6.07) is 21.7. The fraction of sp³-hybridized carbons (Fsp3) is 0.333. The van der Waals surface area contributed by atoms with Gasteiger partial charge in [-0.1, -0.05) is 31.5 Å². The SMILES string of the molecule is CCCC1OC[C@H]2O[C@@H](OCc3cc(-c4c(O)ccc5c4Oc4cc(O)ccc4C54OC(=O)c5ccccc54)nc4ccc(OC)cc34)[C@H](OC(C)=O)[C@@H](OC(C)=O)[C@@H]2O1. The number of benzene rings is 4. The second kappa shape index (κ2) is 15.4. The van der Waals surface area contributed by atoms with Crippen LogP contribution in [0.5, 0.6) is 28.7 Å². The Morgan fingerprint density at radius 2 is 1.68 bits per heavy atom. The van der Waals surface area contributed by atoms with E-state index in [0.717, 1.165) is 6.42 Å². The zero-order valence-electron chi connectivity index (χ0n) is 33.0. The van der Waals surface area contributed by atoms with Crippen LogP contribution in [0.1, 0.15) is 66.2 Å². The fourth-order valence-electron chi connectivity index (χ4n) is 8.54. The van der Waals surface area contributed by atoms with Gasteiger partial charge in [0.05, 0.1) is 42.7 Å². The second-order valence-corrected chi connectivity index (χ2v) is 14.9. The van der Waals surface area contributed by atoms with E-state index in [4.69, 9.17) is 47.6 Å². The first kappa shape index (κ1) is 39.2. The van der Waals surface area contributed by atoms with Crippen molar-refractivity contribution in [3.05, 3.63) is 107 Å². The molecule has 2 fully saturated rings. The van der Waals surface area contributed by atoms with Crippen LogP contribution in [0, 0.1) is 0 Å². The van der Waals surface area contributed by atoms with Gasteiger partial charge >= 0.3 is 17.9 Å². The summed E-state index contributed by atoms with van der Waals surface area (Å²) in [6.07, 6.45) is -4.31. The van der Waals surface area contributed by atoms with E-state index in [1.165, 1.54) is 39.2 Å². The Morgan fingerprint density at radius 3 is 2.47 bits per heavy atom. The molecule has 5 heterocycles. The minimum Gasteiger partial charge on any atom is -0.508 e. The van der Waals surface area contributed by atoms with E-state index < -0.39 is 60.5 Å². The summed E-state index contributed by atoms with van der Waals surface area (Å²) in [5.41, 5.74) is 1.79. The predicted molar refractivity (Wildman–Crippen MR) is 209 cm³/mol. The highest BCUT2D eigenvalue weighted by Gasteiger charge is 2.55. The van der Waals surface area contributed by atoms with Crippen LogP contribution >= 0.6 is 0 Å². The number of phenolic OH excluding ortho intramolecular Hbond substituents is 2. The van der Waals surface area contributed by atoms with Crippen molar-refractivity contribution in [1.82, 2.24) is 4.98 Å². The first-order chi connectivity index (χ1) is 29.0. The van der Waals surface area contributed by atoms with E-state index in [0.29, 0.717) is 50.9 Å². The number of hydrogen-bond donors (Lipinski definition) is 2. The Morgan fingerprint density at radius 1 is 0.900 bits per heavy atom. The molecule has 2 unspecified atom stereocenters. The van der Waals surface area contributed by atoms with Gasteiger partial charge in [-0.15, -0.1) is 0 Å². The zero-order valence-corrected chi connectivity index (χ0v) is 33.0.